The first kappa shape index (κ1) is 15.9. The second-order valence-electron chi connectivity index (χ2n) is 6.31. The van der Waals surface area contributed by atoms with Crippen LogP contribution in [0.25, 0.3) is 11.3 Å². The van der Waals surface area contributed by atoms with Gasteiger partial charge >= 0.3 is 0 Å². The molecule has 0 unspecified atom stereocenters. The van der Waals surface area contributed by atoms with Gasteiger partial charge in [0.2, 0.25) is 0 Å². The third-order valence-electron chi connectivity index (χ3n) is 4.26. The van der Waals surface area contributed by atoms with Crippen molar-refractivity contribution in [1.82, 2.24) is 14.7 Å². The maximum Gasteiger partial charge on any atom is 0.166 e. The van der Waals surface area contributed by atoms with Gasteiger partial charge in [0, 0.05) is 24.2 Å². The number of nitrogens with zero attached hydrogens (tertiary/aromatic N) is 3. The molecule has 0 N–H and O–H groups in total. The van der Waals surface area contributed by atoms with E-state index in [1.807, 2.05) is 18.8 Å². The standard InChI is InChI=1S/C18H22FN3O/c1-21(2)11-6-12-22-15-9-5-10-16(23)17(15)18(20-22)13-7-3-4-8-14(13)19/h3-4,7-8H,5-6,9-12H2,1-2H3. The zero-order chi connectivity index (χ0) is 16.4. The fourth-order valence-electron chi connectivity index (χ4n) is 3.15. The third-order valence-corrected chi connectivity index (χ3v) is 4.26. The fraction of sp³-hybridized carbons (Fsp3) is 0.444. The molecule has 0 radical (unpaired) electrons. The van der Waals surface area contributed by atoms with Gasteiger partial charge in [-0.05, 0) is 52.0 Å². The van der Waals surface area contributed by atoms with Crippen molar-refractivity contribution in [1.29, 1.82) is 0 Å². The SMILES string of the molecule is CN(C)CCCn1nc(-c2ccccc2F)c2c1CCCC2=O. The smallest absolute Gasteiger partial charge is 0.166 e. The molecule has 1 aromatic carbocycles. The van der Waals surface area contributed by atoms with E-state index < -0.39 is 0 Å². The normalized spacial score (nSPS) is 14.3. The molecule has 2 aromatic rings. The summed E-state index contributed by atoms with van der Waals surface area (Å²) < 4.78 is 16.1. The molecular weight excluding hydrogens is 293 g/mol. The average molecular weight is 315 g/mol. The largest absolute Gasteiger partial charge is 0.309 e. The minimum Gasteiger partial charge on any atom is -0.309 e. The first-order chi connectivity index (χ1) is 11.1. The molecule has 3 rings (SSSR count). The molecule has 122 valence electrons. The predicted octanol–water partition coefficient (Wildman–Crippen LogP) is 3.16. The average Bonchev–Trinajstić information content (AvgIpc) is 2.88. The zero-order valence-electron chi connectivity index (χ0n) is 13.7. The molecule has 1 heterocycles. The van der Waals surface area contributed by atoms with E-state index in [4.69, 9.17) is 0 Å². The lowest BCUT2D eigenvalue weighted by molar-refractivity contribution is 0.0972. The lowest BCUT2D eigenvalue weighted by Gasteiger charge is -2.14. The highest BCUT2D eigenvalue weighted by Crippen LogP contribution is 2.32. The number of rotatable bonds is 5. The van der Waals surface area contributed by atoms with Crippen LogP contribution in [0.3, 0.4) is 0 Å². The first-order valence-corrected chi connectivity index (χ1v) is 8.10. The lowest BCUT2D eigenvalue weighted by atomic mass is 9.92. The molecule has 0 aliphatic heterocycles. The second-order valence-corrected chi connectivity index (χ2v) is 6.31. The summed E-state index contributed by atoms with van der Waals surface area (Å²) in [6.45, 7) is 1.71. The summed E-state index contributed by atoms with van der Waals surface area (Å²) in [5, 5.41) is 4.61. The molecule has 5 heteroatoms. The number of benzene rings is 1. The second kappa shape index (κ2) is 6.62. The number of carbonyl (C=O) groups is 1. The van der Waals surface area contributed by atoms with Gasteiger partial charge in [0.05, 0.1) is 5.56 Å². The van der Waals surface area contributed by atoms with Crippen molar-refractivity contribution >= 4 is 5.78 Å². The van der Waals surface area contributed by atoms with Crippen LogP contribution in [0.15, 0.2) is 24.3 Å². The summed E-state index contributed by atoms with van der Waals surface area (Å²) >= 11 is 0. The molecule has 0 saturated heterocycles. The van der Waals surface area contributed by atoms with Crippen LogP contribution in [0, 0.1) is 5.82 Å². The molecule has 23 heavy (non-hydrogen) atoms. The van der Waals surface area contributed by atoms with Gasteiger partial charge < -0.3 is 4.90 Å². The molecular formula is C18H22FN3O. The summed E-state index contributed by atoms with van der Waals surface area (Å²) in [5.74, 6) is -0.241. The van der Waals surface area contributed by atoms with E-state index >= 15 is 0 Å². The molecule has 1 aromatic heterocycles. The number of aryl methyl sites for hydroxylation is 1. The van der Waals surface area contributed by atoms with Gasteiger partial charge in [0.1, 0.15) is 11.5 Å². The van der Waals surface area contributed by atoms with E-state index in [-0.39, 0.29) is 11.6 Å². The fourth-order valence-corrected chi connectivity index (χ4v) is 3.15. The Morgan fingerprint density at radius 3 is 2.78 bits per heavy atom. The number of hydrogen-bond donors (Lipinski definition) is 0. The Morgan fingerprint density at radius 2 is 2.04 bits per heavy atom. The number of aromatic nitrogens is 2. The topological polar surface area (TPSA) is 38.1 Å². The number of Topliss-reactive ketones (excluding diaryl/α,β-unsaturated/α-hetero) is 1. The van der Waals surface area contributed by atoms with Gasteiger partial charge in [-0.3, -0.25) is 9.48 Å². The maximum atomic E-state index is 14.2. The Labute approximate surface area is 135 Å². The minimum atomic E-state index is -0.327. The molecule has 0 spiro atoms. The van der Waals surface area contributed by atoms with Crippen molar-refractivity contribution in [3.05, 3.63) is 41.3 Å². The molecule has 1 aliphatic carbocycles. The summed E-state index contributed by atoms with van der Waals surface area (Å²) in [5.41, 5.74) is 2.53. The van der Waals surface area contributed by atoms with Crippen LogP contribution in [0.2, 0.25) is 0 Å². The zero-order valence-corrected chi connectivity index (χ0v) is 13.7. The highest BCUT2D eigenvalue weighted by molar-refractivity contribution is 6.03. The van der Waals surface area contributed by atoms with E-state index in [2.05, 4.69) is 10.00 Å². The number of halogens is 1. The van der Waals surface area contributed by atoms with Gasteiger partial charge in [-0.2, -0.15) is 5.10 Å². The first-order valence-electron chi connectivity index (χ1n) is 8.10. The van der Waals surface area contributed by atoms with Crippen LogP contribution in [0.1, 0.15) is 35.3 Å². The van der Waals surface area contributed by atoms with Gasteiger partial charge in [-0.1, -0.05) is 12.1 Å². The van der Waals surface area contributed by atoms with E-state index in [0.29, 0.717) is 23.2 Å². The van der Waals surface area contributed by atoms with Crippen LogP contribution in [-0.4, -0.2) is 41.1 Å². The van der Waals surface area contributed by atoms with Crippen LogP contribution < -0.4 is 0 Å². The molecule has 0 amide bonds. The van der Waals surface area contributed by atoms with Crippen molar-refractivity contribution in [3.8, 4) is 11.3 Å². The molecule has 4 nitrogen and oxygen atoms in total. The predicted molar refractivity (Wildman–Crippen MR) is 88.1 cm³/mol. The Kier molecular flexibility index (Phi) is 4.57. The lowest BCUT2D eigenvalue weighted by Crippen LogP contribution is -2.18. The van der Waals surface area contributed by atoms with Crippen molar-refractivity contribution in [2.45, 2.75) is 32.2 Å². The molecule has 0 fully saturated rings. The molecule has 1 aliphatic rings. The summed E-state index contributed by atoms with van der Waals surface area (Å²) in [6, 6.07) is 6.55. The Morgan fingerprint density at radius 1 is 1.26 bits per heavy atom. The summed E-state index contributed by atoms with van der Waals surface area (Å²) in [6.07, 6.45) is 3.16. The number of carbonyl (C=O) groups excluding carboxylic acids is 1. The monoisotopic (exact) mass is 315 g/mol. The van der Waals surface area contributed by atoms with E-state index in [1.54, 1.807) is 18.2 Å². The highest BCUT2D eigenvalue weighted by atomic mass is 19.1. The minimum absolute atomic E-state index is 0.0864. The van der Waals surface area contributed by atoms with Crippen molar-refractivity contribution < 1.29 is 9.18 Å². The van der Waals surface area contributed by atoms with E-state index in [9.17, 15) is 9.18 Å². The summed E-state index contributed by atoms with van der Waals surface area (Å²) in [4.78, 5) is 14.5. The quantitative estimate of drug-likeness (QED) is 0.850. The van der Waals surface area contributed by atoms with Gasteiger partial charge in [0.25, 0.3) is 0 Å². The van der Waals surface area contributed by atoms with E-state index in [0.717, 1.165) is 38.0 Å². The summed E-state index contributed by atoms with van der Waals surface area (Å²) in [7, 11) is 4.07. The molecule has 0 bridgehead atoms. The van der Waals surface area contributed by atoms with Crippen molar-refractivity contribution in [2.24, 2.45) is 0 Å². The molecule has 0 saturated carbocycles. The Bertz CT molecular complexity index is 721. The number of fused-ring (bicyclic) bond motifs is 1. The van der Waals surface area contributed by atoms with Crippen LogP contribution in [-0.2, 0) is 13.0 Å². The van der Waals surface area contributed by atoms with Crippen LogP contribution >= 0.6 is 0 Å². The van der Waals surface area contributed by atoms with Crippen molar-refractivity contribution in [3.63, 3.8) is 0 Å². The van der Waals surface area contributed by atoms with Crippen molar-refractivity contribution in [2.75, 3.05) is 20.6 Å². The maximum absolute atomic E-state index is 14.2. The Balaban J connectivity index is 2.01. The third kappa shape index (κ3) is 3.20. The van der Waals surface area contributed by atoms with Crippen LogP contribution in [0.5, 0.6) is 0 Å². The van der Waals surface area contributed by atoms with E-state index in [1.165, 1.54) is 6.07 Å². The van der Waals surface area contributed by atoms with Gasteiger partial charge in [-0.15, -0.1) is 0 Å². The van der Waals surface area contributed by atoms with Gasteiger partial charge in [-0.25, -0.2) is 4.39 Å². The molecule has 0 atom stereocenters. The highest BCUT2D eigenvalue weighted by Gasteiger charge is 2.28. The Hall–Kier alpha value is -2.01. The number of hydrogen-bond acceptors (Lipinski definition) is 3. The number of ketones is 1. The van der Waals surface area contributed by atoms with Crippen LogP contribution in [0.4, 0.5) is 4.39 Å². The van der Waals surface area contributed by atoms with Gasteiger partial charge in [0.15, 0.2) is 5.78 Å².